The van der Waals surface area contributed by atoms with Gasteiger partial charge >= 0.3 is 6.03 Å². The van der Waals surface area contributed by atoms with Gasteiger partial charge in [-0.2, -0.15) is 4.37 Å². The van der Waals surface area contributed by atoms with Crippen molar-refractivity contribution in [2.24, 2.45) is 5.73 Å². The lowest BCUT2D eigenvalue weighted by Gasteiger charge is -2.26. The van der Waals surface area contributed by atoms with Crippen molar-refractivity contribution >= 4 is 40.7 Å². The molecule has 0 spiro atoms. The molecule has 0 unspecified atom stereocenters. The Labute approximate surface area is 202 Å². The summed E-state index contributed by atoms with van der Waals surface area (Å²) >= 11 is 1.23. The van der Waals surface area contributed by atoms with Gasteiger partial charge in [0.25, 0.3) is 5.91 Å². The molecule has 5 N–H and O–H groups in total. The van der Waals surface area contributed by atoms with E-state index in [1.54, 1.807) is 12.1 Å². The smallest absolute Gasteiger partial charge is 0.323 e. The van der Waals surface area contributed by atoms with Crippen molar-refractivity contribution in [3.8, 4) is 10.4 Å². The Morgan fingerprint density at radius 3 is 2.35 bits per heavy atom. The average Bonchev–Trinajstić information content (AvgIpc) is 3.28. The summed E-state index contributed by atoms with van der Waals surface area (Å²) < 4.78 is 9.80. The fourth-order valence-electron chi connectivity index (χ4n) is 3.69. The SMILES string of the molecule is NC(=O)c1c(NCCCN2CCOCC2)nsc1-c1ccc(NC(=O)Nc2ccccc2)cc1. The molecule has 3 aromatic rings. The number of amides is 3. The Morgan fingerprint density at radius 1 is 1.00 bits per heavy atom. The molecule has 4 rings (SSSR count). The van der Waals surface area contributed by atoms with E-state index in [-0.39, 0.29) is 6.03 Å². The number of hydrogen-bond donors (Lipinski definition) is 4. The molecule has 1 fully saturated rings. The molecule has 0 radical (unpaired) electrons. The quantitative estimate of drug-likeness (QED) is 0.347. The monoisotopic (exact) mass is 480 g/mol. The second-order valence-electron chi connectivity index (χ2n) is 7.86. The fourth-order valence-corrected chi connectivity index (χ4v) is 4.56. The lowest BCUT2D eigenvalue weighted by Crippen LogP contribution is -2.37. The van der Waals surface area contributed by atoms with Crippen LogP contribution in [0.25, 0.3) is 10.4 Å². The first kappa shape index (κ1) is 23.7. The van der Waals surface area contributed by atoms with Crippen LogP contribution < -0.4 is 21.7 Å². The van der Waals surface area contributed by atoms with Crippen molar-refractivity contribution in [3.05, 3.63) is 60.2 Å². The number of carbonyl (C=O) groups is 2. The summed E-state index contributed by atoms with van der Waals surface area (Å²) in [6, 6.07) is 16.1. The van der Waals surface area contributed by atoms with Gasteiger partial charge in [-0.25, -0.2) is 4.79 Å². The number of hydrogen-bond acceptors (Lipinski definition) is 7. The van der Waals surface area contributed by atoms with E-state index in [4.69, 9.17) is 10.5 Å². The van der Waals surface area contributed by atoms with E-state index in [1.165, 1.54) is 11.5 Å². The third-order valence-electron chi connectivity index (χ3n) is 5.42. The van der Waals surface area contributed by atoms with E-state index in [9.17, 15) is 9.59 Å². The first-order chi connectivity index (χ1) is 16.6. The zero-order valence-corrected chi connectivity index (χ0v) is 19.6. The van der Waals surface area contributed by atoms with Crippen LogP contribution >= 0.6 is 11.5 Å². The van der Waals surface area contributed by atoms with Crippen LogP contribution in [0.2, 0.25) is 0 Å². The molecule has 10 heteroatoms. The van der Waals surface area contributed by atoms with Crippen LogP contribution in [-0.2, 0) is 4.74 Å². The predicted octanol–water partition coefficient (Wildman–Crippen LogP) is 3.69. The number of ether oxygens (including phenoxy) is 1. The highest BCUT2D eigenvalue weighted by molar-refractivity contribution is 7.10. The Morgan fingerprint density at radius 2 is 1.68 bits per heavy atom. The maximum absolute atomic E-state index is 12.2. The van der Waals surface area contributed by atoms with Crippen molar-refractivity contribution in [1.82, 2.24) is 9.27 Å². The van der Waals surface area contributed by atoms with Gasteiger partial charge in [-0.15, -0.1) is 0 Å². The summed E-state index contributed by atoms with van der Waals surface area (Å²) in [7, 11) is 0. The highest BCUT2D eigenvalue weighted by Gasteiger charge is 2.20. The first-order valence-corrected chi connectivity index (χ1v) is 11.9. The molecule has 2 heterocycles. The zero-order valence-electron chi connectivity index (χ0n) is 18.8. The van der Waals surface area contributed by atoms with Gasteiger partial charge in [0.15, 0.2) is 5.82 Å². The number of nitrogens with zero attached hydrogens (tertiary/aromatic N) is 2. The van der Waals surface area contributed by atoms with Gasteiger partial charge in [0.1, 0.15) is 5.56 Å². The number of rotatable bonds is 9. The minimum atomic E-state index is -0.524. The van der Waals surface area contributed by atoms with Crippen molar-refractivity contribution in [2.75, 3.05) is 55.3 Å². The second-order valence-corrected chi connectivity index (χ2v) is 8.63. The summed E-state index contributed by atoms with van der Waals surface area (Å²) in [5.74, 6) is -0.0113. The molecule has 3 amide bonds. The van der Waals surface area contributed by atoms with Crippen molar-refractivity contribution in [2.45, 2.75) is 6.42 Å². The van der Waals surface area contributed by atoms with Crippen LogP contribution in [0.5, 0.6) is 0 Å². The molecular weight excluding hydrogens is 452 g/mol. The molecule has 178 valence electrons. The number of para-hydroxylation sites is 1. The number of morpholine rings is 1. The summed E-state index contributed by atoms with van der Waals surface area (Å²) in [5, 5.41) is 8.83. The fraction of sp³-hybridized carbons (Fsp3) is 0.292. The van der Waals surface area contributed by atoms with E-state index in [1.807, 2.05) is 42.5 Å². The number of nitrogens with two attached hydrogens (primary N) is 1. The largest absolute Gasteiger partial charge is 0.379 e. The molecule has 1 aliphatic heterocycles. The van der Waals surface area contributed by atoms with Gasteiger partial charge in [-0.1, -0.05) is 30.3 Å². The third-order valence-corrected chi connectivity index (χ3v) is 6.32. The van der Waals surface area contributed by atoms with Crippen LogP contribution in [0.1, 0.15) is 16.8 Å². The van der Waals surface area contributed by atoms with Gasteiger partial charge in [-0.3, -0.25) is 9.69 Å². The Bertz CT molecular complexity index is 1100. The van der Waals surface area contributed by atoms with Crippen LogP contribution in [0.15, 0.2) is 54.6 Å². The molecule has 1 aromatic heterocycles. The average molecular weight is 481 g/mol. The second kappa shape index (κ2) is 11.6. The standard InChI is InChI=1S/C24H28N6O3S/c25-22(31)20-21(34-29-23(20)26-11-4-12-30-13-15-33-16-14-30)17-7-9-19(10-8-17)28-24(32)27-18-5-2-1-3-6-18/h1-3,5-10H,4,11-16H2,(H2,25,31)(H,26,29)(H2,27,28,32). The number of nitrogens with one attached hydrogen (secondary N) is 3. The molecule has 0 atom stereocenters. The van der Waals surface area contributed by atoms with E-state index in [2.05, 4.69) is 25.2 Å². The maximum Gasteiger partial charge on any atom is 0.323 e. The summed E-state index contributed by atoms with van der Waals surface area (Å²) in [6.45, 7) is 5.12. The van der Waals surface area contributed by atoms with Gasteiger partial charge in [-0.05, 0) is 54.3 Å². The van der Waals surface area contributed by atoms with Crippen LogP contribution in [0.3, 0.4) is 0 Å². The lowest BCUT2D eigenvalue weighted by atomic mass is 10.1. The Kier molecular flexibility index (Phi) is 8.08. The molecule has 0 bridgehead atoms. The molecular formula is C24H28N6O3S. The van der Waals surface area contributed by atoms with E-state index >= 15 is 0 Å². The van der Waals surface area contributed by atoms with Gasteiger partial charge < -0.3 is 26.4 Å². The maximum atomic E-state index is 12.2. The minimum Gasteiger partial charge on any atom is -0.379 e. The predicted molar refractivity (Wildman–Crippen MR) is 136 cm³/mol. The summed E-state index contributed by atoms with van der Waals surface area (Å²) in [5.41, 5.74) is 8.22. The molecule has 1 aliphatic rings. The van der Waals surface area contributed by atoms with Crippen LogP contribution in [0.4, 0.5) is 22.0 Å². The number of urea groups is 1. The number of primary amides is 1. The number of aromatic nitrogens is 1. The van der Waals surface area contributed by atoms with Crippen LogP contribution in [-0.4, -0.2) is 60.6 Å². The Hall–Kier alpha value is -3.47. The third kappa shape index (κ3) is 6.31. The highest BCUT2D eigenvalue weighted by atomic mass is 32.1. The normalized spacial score (nSPS) is 13.9. The summed E-state index contributed by atoms with van der Waals surface area (Å²) in [6.07, 6.45) is 0.927. The van der Waals surface area contributed by atoms with Crippen LogP contribution in [0, 0.1) is 0 Å². The molecule has 2 aromatic carbocycles. The van der Waals surface area contributed by atoms with Gasteiger partial charge in [0.05, 0.1) is 18.1 Å². The molecule has 34 heavy (non-hydrogen) atoms. The number of benzene rings is 2. The minimum absolute atomic E-state index is 0.335. The highest BCUT2D eigenvalue weighted by Crippen LogP contribution is 2.33. The number of carbonyl (C=O) groups excluding carboxylic acids is 2. The summed E-state index contributed by atoms with van der Waals surface area (Å²) in [4.78, 5) is 27.5. The molecule has 1 saturated heterocycles. The van der Waals surface area contributed by atoms with Crippen molar-refractivity contribution < 1.29 is 14.3 Å². The van der Waals surface area contributed by atoms with E-state index < -0.39 is 5.91 Å². The van der Waals surface area contributed by atoms with Gasteiger partial charge in [0, 0.05) is 31.0 Å². The Balaban J connectivity index is 1.35. The van der Waals surface area contributed by atoms with Crippen molar-refractivity contribution in [1.29, 1.82) is 0 Å². The molecule has 0 saturated carbocycles. The van der Waals surface area contributed by atoms with Crippen molar-refractivity contribution in [3.63, 3.8) is 0 Å². The zero-order chi connectivity index (χ0) is 23.8. The topological polar surface area (TPSA) is 122 Å². The number of anilines is 3. The van der Waals surface area contributed by atoms with E-state index in [0.29, 0.717) is 34.2 Å². The lowest BCUT2D eigenvalue weighted by molar-refractivity contribution is 0.0378. The first-order valence-electron chi connectivity index (χ1n) is 11.2. The molecule has 9 nitrogen and oxygen atoms in total. The molecule has 0 aliphatic carbocycles. The van der Waals surface area contributed by atoms with Gasteiger partial charge in [0.2, 0.25) is 0 Å². The van der Waals surface area contributed by atoms with E-state index in [0.717, 1.165) is 44.8 Å².